The van der Waals surface area contributed by atoms with Gasteiger partial charge in [-0.1, -0.05) is 23.7 Å². The Morgan fingerprint density at radius 2 is 2.11 bits per heavy atom. The fourth-order valence-electron chi connectivity index (χ4n) is 1.47. The predicted molar refractivity (Wildman–Crippen MR) is 68.9 cm³/mol. The summed E-state index contributed by atoms with van der Waals surface area (Å²) in [5.74, 6) is -0.187. The van der Waals surface area contributed by atoms with Crippen LogP contribution in [0.15, 0.2) is 24.3 Å². The summed E-state index contributed by atoms with van der Waals surface area (Å²) in [6, 6.07) is 8.69. The van der Waals surface area contributed by atoms with Crippen molar-refractivity contribution in [2.24, 2.45) is 0 Å². The molecule has 0 aliphatic heterocycles. The SMILES string of the molecule is CN(CCC#N)C(=O)CC(O)c1ccc(Cl)cc1. The Morgan fingerprint density at radius 1 is 1.50 bits per heavy atom. The summed E-state index contributed by atoms with van der Waals surface area (Å²) in [5, 5.41) is 18.9. The first-order valence-electron chi connectivity index (χ1n) is 5.59. The van der Waals surface area contributed by atoms with Gasteiger partial charge < -0.3 is 10.0 Å². The number of halogens is 1. The number of nitriles is 1. The molecule has 1 amide bonds. The minimum atomic E-state index is -0.848. The molecule has 18 heavy (non-hydrogen) atoms. The van der Waals surface area contributed by atoms with Crippen LogP contribution in [0.2, 0.25) is 5.02 Å². The van der Waals surface area contributed by atoms with E-state index in [1.807, 2.05) is 6.07 Å². The summed E-state index contributed by atoms with van der Waals surface area (Å²) in [5.41, 5.74) is 0.654. The van der Waals surface area contributed by atoms with Crippen LogP contribution >= 0.6 is 11.6 Å². The van der Waals surface area contributed by atoms with Crippen molar-refractivity contribution in [3.63, 3.8) is 0 Å². The van der Waals surface area contributed by atoms with Crippen molar-refractivity contribution in [1.82, 2.24) is 4.90 Å². The van der Waals surface area contributed by atoms with Gasteiger partial charge in [-0.05, 0) is 17.7 Å². The topological polar surface area (TPSA) is 64.3 Å². The Labute approximate surface area is 111 Å². The lowest BCUT2D eigenvalue weighted by atomic mass is 10.1. The molecular weight excluding hydrogens is 252 g/mol. The molecule has 0 fully saturated rings. The summed E-state index contributed by atoms with van der Waals surface area (Å²) in [6.07, 6.45) is -0.553. The second kappa shape index (κ2) is 7.00. The van der Waals surface area contributed by atoms with Crippen LogP contribution in [0, 0.1) is 11.3 Å². The molecule has 96 valence electrons. The van der Waals surface area contributed by atoms with E-state index in [9.17, 15) is 9.90 Å². The molecule has 1 N–H and O–H groups in total. The molecule has 0 spiro atoms. The summed E-state index contributed by atoms with van der Waals surface area (Å²) < 4.78 is 0. The average molecular weight is 267 g/mol. The molecular formula is C13H15ClN2O2. The molecule has 0 bridgehead atoms. The first-order chi connectivity index (χ1) is 8.54. The highest BCUT2D eigenvalue weighted by atomic mass is 35.5. The molecule has 0 saturated heterocycles. The number of nitrogens with zero attached hydrogens (tertiary/aromatic N) is 2. The van der Waals surface area contributed by atoms with Crippen LogP contribution < -0.4 is 0 Å². The van der Waals surface area contributed by atoms with Gasteiger partial charge in [0.1, 0.15) is 0 Å². The van der Waals surface area contributed by atoms with E-state index >= 15 is 0 Å². The number of carbonyl (C=O) groups excluding carboxylic acids is 1. The van der Waals surface area contributed by atoms with Gasteiger partial charge in [0.25, 0.3) is 0 Å². The van der Waals surface area contributed by atoms with Crippen LogP contribution in [0.5, 0.6) is 0 Å². The van der Waals surface area contributed by atoms with E-state index in [0.717, 1.165) is 0 Å². The van der Waals surface area contributed by atoms with Gasteiger partial charge in [0.2, 0.25) is 5.91 Å². The van der Waals surface area contributed by atoms with E-state index in [1.54, 1.807) is 31.3 Å². The number of hydrogen-bond donors (Lipinski definition) is 1. The van der Waals surface area contributed by atoms with Crippen LogP contribution in [0.4, 0.5) is 0 Å². The second-order valence-electron chi connectivity index (χ2n) is 3.99. The number of rotatable bonds is 5. The normalized spacial score (nSPS) is 11.7. The zero-order valence-electron chi connectivity index (χ0n) is 10.1. The molecule has 1 aromatic carbocycles. The second-order valence-corrected chi connectivity index (χ2v) is 4.43. The molecule has 0 aliphatic carbocycles. The van der Waals surface area contributed by atoms with Gasteiger partial charge in [-0.15, -0.1) is 0 Å². The molecule has 1 unspecified atom stereocenters. The average Bonchev–Trinajstić information content (AvgIpc) is 2.36. The third kappa shape index (κ3) is 4.36. The highest BCUT2D eigenvalue weighted by molar-refractivity contribution is 6.30. The minimum absolute atomic E-state index is 0.00353. The molecule has 1 aromatic rings. The van der Waals surface area contributed by atoms with Crippen LogP contribution in [-0.4, -0.2) is 29.5 Å². The molecule has 1 atom stereocenters. The van der Waals surface area contributed by atoms with Crippen molar-refractivity contribution < 1.29 is 9.90 Å². The Kier molecular flexibility index (Phi) is 5.63. The van der Waals surface area contributed by atoms with Gasteiger partial charge in [0.05, 0.1) is 25.0 Å². The minimum Gasteiger partial charge on any atom is -0.388 e. The van der Waals surface area contributed by atoms with E-state index in [2.05, 4.69) is 0 Å². The van der Waals surface area contributed by atoms with Crippen molar-refractivity contribution in [1.29, 1.82) is 5.26 Å². The van der Waals surface area contributed by atoms with E-state index in [-0.39, 0.29) is 12.3 Å². The smallest absolute Gasteiger partial charge is 0.225 e. The molecule has 1 rings (SSSR count). The largest absolute Gasteiger partial charge is 0.388 e. The van der Waals surface area contributed by atoms with Gasteiger partial charge in [-0.25, -0.2) is 0 Å². The lowest BCUT2D eigenvalue weighted by Gasteiger charge is -2.18. The lowest BCUT2D eigenvalue weighted by Crippen LogP contribution is -2.28. The number of aliphatic hydroxyl groups excluding tert-OH is 1. The van der Waals surface area contributed by atoms with E-state index in [0.29, 0.717) is 23.6 Å². The Bertz CT molecular complexity index is 439. The lowest BCUT2D eigenvalue weighted by molar-refractivity contribution is -0.131. The third-order valence-corrected chi connectivity index (χ3v) is 2.86. The maximum absolute atomic E-state index is 11.7. The maximum Gasteiger partial charge on any atom is 0.225 e. The van der Waals surface area contributed by atoms with Crippen molar-refractivity contribution in [2.45, 2.75) is 18.9 Å². The quantitative estimate of drug-likeness (QED) is 0.888. The van der Waals surface area contributed by atoms with Crippen molar-refractivity contribution >= 4 is 17.5 Å². The summed E-state index contributed by atoms with van der Waals surface area (Å²) >= 11 is 5.74. The molecule has 4 nitrogen and oxygen atoms in total. The van der Waals surface area contributed by atoms with Gasteiger partial charge in [0.15, 0.2) is 0 Å². The Morgan fingerprint density at radius 3 is 2.67 bits per heavy atom. The zero-order chi connectivity index (χ0) is 13.5. The predicted octanol–water partition coefficient (Wildman–Crippen LogP) is 2.14. The van der Waals surface area contributed by atoms with Crippen molar-refractivity contribution in [2.75, 3.05) is 13.6 Å². The summed E-state index contributed by atoms with van der Waals surface area (Å²) in [6.45, 7) is 0.378. The highest BCUT2D eigenvalue weighted by Crippen LogP contribution is 2.19. The molecule has 0 aromatic heterocycles. The van der Waals surface area contributed by atoms with Gasteiger partial charge in [-0.2, -0.15) is 5.26 Å². The number of amides is 1. The molecule has 0 aliphatic rings. The van der Waals surface area contributed by atoms with E-state index in [4.69, 9.17) is 16.9 Å². The summed E-state index contributed by atoms with van der Waals surface area (Å²) in [7, 11) is 1.62. The number of hydrogen-bond acceptors (Lipinski definition) is 3. The van der Waals surface area contributed by atoms with Gasteiger partial charge in [0, 0.05) is 18.6 Å². The molecule has 0 saturated carbocycles. The number of benzene rings is 1. The van der Waals surface area contributed by atoms with E-state index in [1.165, 1.54) is 4.90 Å². The fourth-order valence-corrected chi connectivity index (χ4v) is 1.59. The van der Waals surface area contributed by atoms with Gasteiger partial charge in [-0.3, -0.25) is 4.79 Å². The molecule has 0 heterocycles. The number of aliphatic hydroxyl groups is 1. The number of carbonyl (C=O) groups is 1. The van der Waals surface area contributed by atoms with Crippen molar-refractivity contribution in [3.05, 3.63) is 34.9 Å². The van der Waals surface area contributed by atoms with Crippen LogP contribution in [0.1, 0.15) is 24.5 Å². The standard InChI is InChI=1S/C13H15ClN2O2/c1-16(8-2-7-15)13(18)9-12(17)10-3-5-11(14)6-4-10/h3-6,12,17H,2,8-9H2,1H3. The fraction of sp³-hybridized carbons (Fsp3) is 0.385. The summed E-state index contributed by atoms with van der Waals surface area (Å²) in [4.78, 5) is 13.2. The molecule has 5 heteroatoms. The first kappa shape index (κ1) is 14.5. The monoisotopic (exact) mass is 266 g/mol. The molecule has 0 radical (unpaired) electrons. The first-order valence-corrected chi connectivity index (χ1v) is 5.97. The Balaban J connectivity index is 2.54. The highest BCUT2D eigenvalue weighted by Gasteiger charge is 2.15. The van der Waals surface area contributed by atoms with Crippen LogP contribution in [-0.2, 0) is 4.79 Å². The third-order valence-electron chi connectivity index (χ3n) is 2.61. The van der Waals surface area contributed by atoms with Crippen LogP contribution in [0.25, 0.3) is 0 Å². The van der Waals surface area contributed by atoms with Crippen LogP contribution in [0.3, 0.4) is 0 Å². The maximum atomic E-state index is 11.7. The Hall–Kier alpha value is -1.57. The zero-order valence-corrected chi connectivity index (χ0v) is 10.9. The van der Waals surface area contributed by atoms with Gasteiger partial charge >= 0.3 is 0 Å². The van der Waals surface area contributed by atoms with Crippen molar-refractivity contribution in [3.8, 4) is 6.07 Å². The van der Waals surface area contributed by atoms with E-state index < -0.39 is 6.10 Å².